The Morgan fingerprint density at radius 1 is 1.16 bits per heavy atom. The van der Waals surface area contributed by atoms with E-state index in [0.29, 0.717) is 24.4 Å². The van der Waals surface area contributed by atoms with Crippen LogP contribution in [-0.4, -0.2) is 30.5 Å². The van der Waals surface area contributed by atoms with Crippen LogP contribution in [0.1, 0.15) is 12.8 Å². The van der Waals surface area contributed by atoms with E-state index in [0.717, 1.165) is 12.8 Å². The molecule has 158 valence electrons. The molecule has 8 nitrogen and oxygen atoms in total. The molecule has 2 N–H and O–H groups in total. The van der Waals surface area contributed by atoms with E-state index < -0.39 is 9.84 Å². The SMILES string of the molecule is Nc1c(S(=O)(=O)c2ccccc2)cc2c(=O)n3ccccc3nc2[n+]1C[C@@H]1CCCO1. The Labute approximate surface area is 178 Å². The minimum absolute atomic E-state index is 0.0408. The van der Waals surface area contributed by atoms with E-state index in [-0.39, 0.29) is 32.7 Å². The number of hydrogen-bond acceptors (Lipinski definition) is 6. The summed E-state index contributed by atoms with van der Waals surface area (Å²) in [6.45, 7) is 0.958. The lowest BCUT2D eigenvalue weighted by molar-refractivity contribution is -0.667. The highest BCUT2D eigenvalue weighted by atomic mass is 32.2. The van der Waals surface area contributed by atoms with Gasteiger partial charge in [0.1, 0.15) is 10.3 Å². The molecule has 5 rings (SSSR count). The first-order chi connectivity index (χ1) is 15.0. The monoisotopic (exact) mass is 437 g/mol. The van der Waals surface area contributed by atoms with Crippen molar-refractivity contribution in [2.24, 2.45) is 0 Å². The molecule has 1 fully saturated rings. The fourth-order valence-corrected chi connectivity index (χ4v) is 5.42. The summed E-state index contributed by atoms with van der Waals surface area (Å²) in [6.07, 6.45) is 3.23. The number of sulfone groups is 1. The number of nitrogens with two attached hydrogens (primary N) is 1. The fourth-order valence-electron chi connectivity index (χ4n) is 3.99. The van der Waals surface area contributed by atoms with Crippen molar-refractivity contribution in [2.45, 2.75) is 35.3 Å². The number of nitrogen functional groups attached to an aromatic ring is 1. The van der Waals surface area contributed by atoms with E-state index in [1.807, 2.05) is 0 Å². The zero-order valence-electron chi connectivity index (χ0n) is 16.6. The van der Waals surface area contributed by atoms with Gasteiger partial charge in [0, 0.05) is 12.8 Å². The molecule has 1 aliphatic rings. The van der Waals surface area contributed by atoms with Crippen LogP contribution in [0.3, 0.4) is 0 Å². The first kappa shape index (κ1) is 19.7. The molecule has 1 aromatic carbocycles. The quantitative estimate of drug-likeness (QED) is 0.385. The van der Waals surface area contributed by atoms with Crippen LogP contribution < -0.4 is 15.9 Å². The second-order valence-electron chi connectivity index (χ2n) is 7.54. The molecule has 0 radical (unpaired) electrons. The highest BCUT2D eigenvalue weighted by Gasteiger charge is 2.31. The van der Waals surface area contributed by atoms with E-state index in [1.54, 1.807) is 47.2 Å². The molecular formula is C22H21N4O4S+. The standard InChI is InChI=1S/C22H20N4O4S/c23-20-18(31(28,29)16-8-2-1-3-9-16)13-17-21(26(20)14-15-7-6-12-30-15)24-19-10-4-5-11-25(19)22(17)27/h1-5,8-11,13,15,23H,6-7,12,14H2/p+1/t15-/m0/s1. The van der Waals surface area contributed by atoms with Gasteiger partial charge in [-0.3, -0.25) is 9.20 Å². The molecule has 4 heterocycles. The molecule has 1 atom stereocenters. The predicted molar refractivity (Wildman–Crippen MR) is 114 cm³/mol. The molecule has 0 unspecified atom stereocenters. The maximum absolute atomic E-state index is 13.4. The van der Waals surface area contributed by atoms with Crippen molar-refractivity contribution in [3.8, 4) is 0 Å². The van der Waals surface area contributed by atoms with E-state index in [2.05, 4.69) is 4.98 Å². The van der Waals surface area contributed by atoms with Gasteiger partial charge in [-0.1, -0.05) is 29.2 Å². The number of aromatic nitrogens is 3. The first-order valence-electron chi connectivity index (χ1n) is 10.0. The van der Waals surface area contributed by atoms with Crippen molar-refractivity contribution in [2.75, 3.05) is 12.3 Å². The number of pyridine rings is 2. The number of anilines is 1. The lowest BCUT2D eigenvalue weighted by Crippen LogP contribution is -2.45. The molecular weight excluding hydrogens is 416 g/mol. The van der Waals surface area contributed by atoms with Crippen LogP contribution in [0.2, 0.25) is 0 Å². The lowest BCUT2D eigenvalue weighted by atomic mass is 10.2. The minimum Gasteiger partial charge on any atom is -0.375 e. The Kier molecular flexibility index (Phi) is 4.71. The summed E-state index contributed by atoms with van der Waals surface area (Å²) in [5.41, 5.74) is 6.87. The molecule has 1 aliphatic heterocycles. The highest BCUT2D eigenvalue weighted by molar-refractivity contribution is 7.91. The first-order valence-corrected chi connectivity index (χ1v) is 11.5. The molecule has 0 aliphatic carbocycles. The Morgan fingerprint density at radius 2 is 1.94 bits per heavy atom. The van der Waals surface area contributed by atoms with Crippen molar-refractivity contribution in [3.05, 3.63) is 71.1 Å². The molecule has 1 saturated heterocycles. The Morgan fingerprint density at radius 3 is 2.68 bits per heavy atom. The lowest BCUT2D eigenvalue weighted by Gasteiger charge is -2.15. The van der Waals surface area contributed by atoms with Crippen LogP contribution in [0.15, 0.2) is 75.4 Å². The van der Waals surface area contributed by atoms with Crippen molar-refractivity contribution in [1.29, 1.82) is 0 Å². The van der Waals surface area contributed by atoms with Crippen molar-refractivity contribution < 1.29 is 17.7 Å². The summed E-state index contributed by atoms with van der Waals surface area (Å²) in [7, 11) is -3.95. The topological polar surface area (TPSA) is 108 Å². The normalized spacial score (nSPS) is 16.8. The molecule has 0 spiro atoms. The van der Waals surface area contributed by atoms with Gasteiger partial charge in [-0.25, -0.2) is 13.0 Å². The summed E-state index contributed by atoms with van der Waals surface area (Å²) in [5, 5.41) is 0.186. The second kappa shape index (κ2) is 7.44. The smallest absolute Gasteiger partial charge is 0.278 e. The summed E-state index contributed by atoms with van der Waals surface area (Å²) in [6, 6.07) is 14.6. The van der Waals surface area contributed by atoms with Crippen molar-refractivity contribution in [1.82, 2.24) is 9.38 Å². The van der Waals surface area contributed by atoms with Crippen LogP contribution in [0.25, 0.3) is 16.7 Å². The molecule has 0 amide bonds. The highest BCUT2D eigenvalue weighted by Crippen LogP contribution is 2.26. The van der Waals surface area contributed by atoms with Crippen molar-refractivity contribution in [3.63, 3.8) is 0 Å². The molecule has 4 aromatic rings. The van der Waals surface area contributed by atoms with Gasteiger partial charge < -0.3 is 10.5 Å². The number of hydrogen-bond donors (Lipinski definition) is 1. The van der Waals surface area contributed by atoms with Crippen LogP contribution in [0.4, 0.5) is 5.82 Å². The third-order valence-corrected chi connectivity index (χ3v) is 7.38. The van der Waals surface area contributed by atoms with Crippen LogP contribution in [0, 0.1) is 0 Å². The summed E-state index contributed by atoms with van der Waals surface area (Å²) in [5.74, 6) is 0.0408. The molecule has 31 heavy (non-hydrogen) atoms. The Balaban J connectivity index is 1.84. The predicted octanol–water partition coefficient (Wildman–Crippen LogP) is 1.73. The van der Waals surface area contributed by atoms with Gasteiger partial charge in [-0.15, -0.1) is 0 Å². The average molecular weight is 438 g/mol. The average Bonchev–Trinajstić information content (AvgIpc) is 3.30. The zero-order chi connectivity index (χ0) is 21.6. The minimum atomic E-state index is -3.95. The van der Waals surface area contributed by atoms with E-state index in [9.17, 15) is 13.2 Å². The van der Waals surface area contributed by atoms with Gasteiger partial charge in [-0.05, 0) is 43.2 Å². The fraction of sp³-hybridized carbons (Fsp3) is 0.227. The van der Waals surface area contributed by atoms with Gasteiger partial charge in [0.15, 0.2) is 0 Å². The molecule has 0 bridgehead atoms. The molecule has 0 saturated carbocycles. The number of benzene rings is 1. The third kappa shape index (κ3) is 3.26. The number of nitrogens with zero attached hydrogens (tertiary/aromatic N) is 3. The zero-order valence-corrected chi connectivity index (χ0v) is 17.5. The van der Waals surface area contributed by atoms with Crippen LogP contribution >= 0.6 is 0 Å². The second-order valence-corrected chi connectivity index (χ2v) is 9.46. The summed E-state index contributed by atoms with van der Waals surface area (Å²) >= 11 is 0. The van der Waals surface area contributed by atoms with Gasteiger partial charge in [0.2, 0.25) is 21.3 Å². The molecule has 3 aromatic heterocycles. The van der Waals surface area contributed by atoms with Crippen molar-refractivity contribution >= 4 is 32.3 Å². The maximum atomic E-state index is 13.4. The molecule has 9 heteroatoms. The number of rotatable bonds is 4. The third-order valence-electron chi connectivity index (χ3n) is 5.58. The van der Waals surface area contributed by atoms with Gasteiger partial charge in [0.25, 0.3) is 11.2 Å². The Bertz CT molecular complexity index is 1460. The van der Waals surface area contributed by atoms with Crippen LogP contribution in [0.5, 0.6) is 0 Å². The Hall–Kier alpha value is -3.30. The summed E-state index contributed by atoms with van der Waals surface area (Å²) < 4.78 is 35.6. The van der Waals surface area contributed by atoms with Gasteiger partial charge >= 0.3 is 0 Å². The maximum Gasteiger partial charge on any atom is 0.278 e. The van der Waals surface area contributed by atoms with E-state index in [1.165, 1.54) is 22.6 Å². The largest absolute Gasteiger partial charge is 0.375 e. The van der Waals surface area contributed by atoms with Crippen LogP contribution in [-0.2, 0) is 21.1 Å². The van der Waals surface area contributed by atoms with Gasteiger partial charge in [0.05, 0.1) is 17.5 Å². The number of ether oxygens (including phenoxy) is 1. The van der Waals surface area contributed by atoms with E-state index in [4.69, 9.17) is 10.5 Å². The van der Waals surface area contributed by atoms with E-state index >= 15 is 0 Å². The summed E-state index contributed by atoms with van der Waals surface area (Å²) in [4.78, 5) is 17.9. The van der Waals surface area contributed by atoms with Gasteiger partial charge in [-0.2, -0.15) is 0 Å². The number of fused-ring (bicyclic) bond motifs is 2.